The minimum Gasteiger partial charge on any atom is -0.497 e. The van der Waals surface area contributed by atoms with Crippen molar-refractivity contribution in [2.45, 2.75) is 36.2 Å². The number of benzene rings is 1. The molecule has 1 aromatic carbocycles. The van der Waals surface area contributed by atoms with Crippen LogP contribution in [0.4, 0.5) is 0 Å². The van der Waals surface area contributed by atoms with Crippen LogP contribution in [0.1, 0.15) is 25.7 Å². The second-order valence-electron chi connectivity index (χ2n) is 5.21. The van der Waals surface area contributed by atoms with Gasteiger partial charge in [0, 0.05) is 11.4 Å². The predicted octanol–water partition coefficient (Wildman–Crippen LogP) is 2.67. The lowest BCUT2D eigenvalue weighted by Gasteiger charge is -2.28. The van der Waals surface area contributed by atoms with Crippen molar-refractivity contribution in [2.75, 3.05) is 19.4 Å². The molecule has 0 heterocycles. The van der Waals surface area contributed by atoms with E-state index in [1.807, 2.05) is 23.9 Å². The normalized spacial score (nSPS) is 26.6. The molecule has 106 valence electrons. The van der Waals surface area contributed by atoms with E-state index >= 15 is 0 Å². The molecule has 1 aliphatic rings. The lowest BCUT2D eigenvalue weighted by Crippen LogP contribution is -2.41. The molecular weight excluding hydrogens is 258 g/mol. The van der Waals surface area contributed by atoms with Crippen LogP contribution < -0.4 is 10.5 Å². The number of ether oxygens (including phenoxy) is 1. The molecule has 1 saturated carbocycles. The highest BCUT2D eigenvalue weighted by atomic mass is 32.2. The van der Waals surface area contributed by atoms with Crippen molar-refractivity contribution in [3.63, 3.8) is 0 Å². The Morgan fingerprint density at radius 3 is 3.11 bits per heavy atom. The molecule has 0 aromatic heterocycles. The van der Waals surface area contributed by atoms with E-state index in [4.69, 9.17) is 10.5 Å². The van der Waals surface area contributed by atoms with Crippen molar-refractivity contribution in [2.24, 2.45) is 11.7 Å². The van der Waals surface area contributed by atoms with E-state index < -0.39 is 5.60 Å². The van der Waals surface area contributed by atoms with E-state index in [1.54, 1.807) is 7.11 Å². The Morgan fingerprint density at radius 1 is 1.53 bits per heavy atom. The minimum absolute atomic E-state index is 0.357. The molecule has 0 amide bonds. The smallest absolute Gasteiger partial charge is 0.119 e. The van der Waals surface area contributed by atoms with Gasteiger partial charge in [-0.1, -0.05) is 12.5 Å². The summed E-state index contributed by atoms with van der Waals surface area (Å²) in [7, 11) is 1.68. The summed E-state index contributed by atoms with van der Waals surface area (Å²) >= 11 is 1.82. The number of aliphatic hydroxyl groups is 1. The number of hydrogen-bond donors (Lipinski definition) is 2. The molecule has 19 heavy (non-hydrogen) atoms. The Bertz CT molecular complexity index is 413. The van der Waals surface area contributed by atoms with Gasteiger partial charge < -0.3 is 15.6 Å². The highest BCUT2D eigenvalue weighted by Crippen LogP contribution is 2.38. The van der Waals surface area contributed by atoms with Crippen LogP contribution in [0.3, 0.4) is 0 Å². The van der Waals surface area contributed by atoms with Gasteiger partial charge in [0.2, 0.25) is 0 Å². The number of methoxy groups -OCH3 is 1. The second-order valence-corrected chi connectivity index (χ2v) is 6.38. The van der Waals surface area contributed by atoms with Crippen LogP contribution in [0.5, 0.6) is 5.75 Å². The summed E-state index contributed by atoms with van der Waals surface area (Å²) in [6, 6.07) is 8.10. The molecule has 1 aliphatic carbocycles. The number of rotatable bonds is 6. The van der Waals surface area contributed by atoms with Gasteiger partial charge in [0.15, 0.2) is 0 Å². The molecule has 3 nitrogen and oxygen atoms in total. The van der Waals surface area contributed by atoms with E-state index in [1.165, 1.54) is 4.90 Å². The molecule has 3 N–H and O–H groups in total. The van der Waals surface area contributed by atoms with Gasteiger partial charge in [-0.2, -0.15) is 0 Å². The molecule has 1 aromatic rings. The first-order valence-electron chi connectivity index (χ1n) is 6.87. The molecule has 1 fully saturated rings. The van der Waals surface area contributed by atoms with Crippen molar-refractivity contribution in [3.8, 4) is 5.75 Å². The van der Waals surface area contributed by atoms with Crippen LogP contribution in [0.2, 0.25) is 0 Å². The Balaban J connectivity index is 1.83. The van der Waals surface area contributed by atoms with E-state index in [-0.39, 0.29) is 0 Å². The first-order valence-corrected chi connectivity index (χ1v) is 7.86. The van der Waals surface area contributed by atoms with E-state index in [0.29, 0.717) is 12.5 Å². The van der Waals surface area contributed by atoms with E-state index in [0.717, 1.165) is 37.2 Å². The lowest BCUT2D eigenvalue weighted by molar-refractivity contribution is 0.0104. The predicted molar refractivity (Wildman–Crippen MR) is 79.7 cm³/mol. The Morgan fingerprint density at radius 2 is 2.37 bits per heavy atom. The number of nitrogens with two attached hydrogens (primary N) is 1. The third kappa shape index (κ3) is 3.65. The molecule has 2 unspecified atom stereocenters. The Kier molecular flexibility index (Phi) is 5.13. The molecular formula is C15H23NO2S. The van der Waals surface area contributed by atoms with Gasteiger partial charge in [-0.3, -0.25) is 0 Å². The van der Waals surface area contributed by atoms with Gasteiger partial charge >= 0.3 is 0 Å². The largest absolute Gasteiger partial charge is 0.497 e. The number of thioether (sulfide) groups is 1. The maximum absolute atomic E-state index is 10.4. The zero-order valence-electron chi connectivity index (χ0n) is 11.5. The standard InChI is InChI=1S/C15H23NO2S/c1-18-13-5-2-6-14(10-13)19-9-7-12-4-3-8-15(12,17)11-16/h2,5-6,10,12,17H,3-4,7-9,11,16H2,1H3. The highest BCUT2D eigenvalue weighted by Gasteiger charge is 2.39. The topological polar surface area (TPSA) is 55.5 Å². The molecule has 0 spiro atoms. The third-order valence-corrected chi connectivity index (χ3v) is 5.08. The summed E-state index contributed by atoms with van der Waals surface area (Å²) in [5.74, 6) is 2.26. The van der Waals surface area contributed by atoms with Crippen LogP contribution in [0.15, 0.2) is 29.2 Å². The van der Waals surface area contributed by atoms with E-state index in [9.17, 15) is 5.11 Å². The zero-order chi connectivity index (χ0) is 13.7. The van der Waals surface area contributed by atoms with Crippen LogP contribution in [0, 0.1) is 5.92 Å². The van der Waals surface area contributed by atoms with Crippen LogP contribution in [0.25, 0.3) is 0 Å². The molecule has 0 aliphatic heterocycles. The fraction of sp³-hybridized carbons (Fsp3) is 0.600. The minimum atomic E-state index is -0.616. The summed E-state index contributed by atoms with van der Waals surface area (Å²) in [6.07, 6.45) is 4.09. The summed E-state index contributed by atoms with van der Waals surface area (Å²) in [5.41, 5.74) is 5.09. The average Bonchev–Trinajstić information content (AvgIpc) is 2.81. The van der Waals surface area contributed by atoms with Crippen molar-refractivity contribution in [3.05, 3.63) is 24.3 Å². The SMILES string of the molecule is COc1cccc(SCCC2CCCC2(O)CN)c1. The monoisotopic (exact) mass is 281 g/mol. The maximum Gasteiger partial charge on any atom is 0.119 e. The highest BCUT2D eigenvalue weighted by molar-refractivity contribution is 7.99. The van der Waals surface area contributed by atoms with Gasteiger partial charge in [0.25, 0.3) is 0 Å². The molecule has 2 atom stereocenters. The van der Waals surface area contributed by atoms with Gasteiger partial charge in [-0.05, 0) is 49.1 Å². The van der Waals surface area contributed by atoms with Crippen molar-refractivity contribution >= 4 is 11.8 Å². The molecule has 0 bridgehead atoms. The fourth-order valence-corrected chi connectivity index (χ4v) is 3.83. The first-order chi connectivity index (χ1) is 9.18. The Hall–Kier alpha value is -0.710. The van der Waals surface area contributed by atoms with Crippen molar-refractivity contribution in [1.29, 1.82) is 0 Å². The molecule has 2 rings (SSSR count). The van der Waals surface area contributed by atoms with Gasteiger partial charge in [0.05, 0.1) is 12.7 Å². The van der Waals surface area contributed by atoms with E-state index in [2.05, 4.69) is 12.1 Å². The third-order valence-electron chi connectivity index (χ3n) is 4.05. The lowest BCUT2D eigenvalue weighted by atomic mass is 9.89. The summed E-state index contributed by atoms with van der Waals surface area (Å²) < 4.78 is 5.22. The Labute approximate surface area is 119 Å². The second kappa shape index (κ2) is 6.64. The summed E-state index contributed by atoms with van der Waals surface area (Å²) in [6.45, 7) is 0.390. The summed E-state index contributed by atoms with van der Waals surface area (Å²) in [4.78, 5) is 1.22. The number of hydrogen-bond acceptors (Lipinski definition) is 4. The van der Waals surface area contributed by atoms with Gasteiger partial charge in [0.1, 0.15) is 5.75 Å². The molecule has 0 saturated heterocycles. The van der Waals surface area contributed by atoms with Crippen molar-refractivity contribution in [1.82, 2.24) is 0 Å². The zero-order valence-corrected chi connectivity index (χ0v) is 12.3. The van der Waals surface area contributed by atoms with Crippen molar-refractivity contribution < 1.29 is 9.84 Å². The fourth-order valence-electron chi connectivity index (χ4n) is 2.82. The molecule has 0 radical (unpaired) electrons. The summed E-state index contributed by atoms with van der Waals surface area (Å²) in [5, 5.41) is 10.4. The first kappa shape index (κ1) is 14.7. The van der Waals surface area contributed by atoms with Gasteiger partial charge in [-0.15, -0.1) is 11.8 Å². The molecule has 4 heteroatoms. The van der Waals surface area contributed by atoms with Crippen LogP contribution >= 0.6 is 11.8 Å². The van der Waals surface area contributed by atoms with Crippen LogP contribution in [-0.4, -0.2) is 30.1 Å². The average molecular weight is 281 g/mol. The quantitative estimate of drug-likeness (QED) is 0.787. The van der Waals surface area contributed by atoms with Gasteiger partial charge in [-0.25, -0.2) is 0 Å². The van der Waals surface area contributed by atoms with Crippen LogP contribution in [-0.2, 0) is 0 Å². The maximum atomic E-state index is 10.4.